The van der Waals surface area contributed by atoms with Gasteiger partial charge >= 0.3 is 6.18 Å². The molecule has 0 atom stereocenters. The molecule has 12 rings (SSSR count). The lowest BCUT2D eigenvalue weighted by Crippen LogP contribution is -2.50. The van der Waals surface area contributed by atoms with Crippen molar-refractivity contribution in [2.45, 2.75) is 104 Å². The van der Waals surface area contributed by atoms with Gasteiger partial charge in [-0.2, -0.15) is 13.2 Å². The van der Waals surface area contributed by atoms with Crippen molar-refractivity contribution >= 4 is 91.0 Å². The molecule has 0 bridgehead atoms. The number of aromatic nitrogens is 16. The number of amides is 4. The van der Waals surface area contributed by atoms with E-state index in [9.17, 15) is 45.5 Å². The van der Waals surface area contributed by atoms with Crippen LogP contribution in [0.4, 0.5) is 49.6 Å². The monoisotopic (exact) mass is 1420 g/mol. The number of hydrogen-bond donors (Lipinski definition) is 11. The van der Waals surface area contributed by atoms with Crippen LogP contribution in [-0.2, 0) is 19.2 Å². The summed E-state index contributed by atoms with van der Waals surface area (Å²) >= 11 is 0. The Morgan fingerprint density at radius 3 is 1.17 bits per heavy atom. The number of hydrogen-bond acceptors (Lipinski definition) is 20. The number of anilines is 4. The van der Waals surface area contributed by atoms with Gasteiger partial charge < -0.3 is 62.1 Å². The first-order valence-electron chi connectivity index (χ1n) is 32.2. The summed E-state index contributed by atoms with van der Waals surface area (Å²) in [4.78, 5) is 114. The van der Waals surface area contributed by atoms with Crippen LogP contribution in [0.25, 0.3) is 89.7 Å². The Morgan fingerprint density at radius 1 is 0.456 bits per heavy atom. The molecule has 103 heavy (non-hydrogen) atoms. The van der Waals surface area contributed by atoms with E-state index in [1.54, 1.807) is 117 Å². The number of pyridine rings is 4. The molecule has 12 aromatic rings. The van der Waals surface area contributed by atoms with Crippen molar-refractivity contribution in [2.24, 2.45) is 0 Å². The average Bonchev–Trinajstić information content (AvgIpc) is 1.70. The van der Waals surface area contributed by atoms with Crippen LogP contribution in [0.5, 0.6) is 0 Å². The number of likely N-dealkylation sites (N-methyl/N-ethyl adjacent to an activating group) is 2. The van der Waals surface area contributed by atoms with Crippen LogP contribution in [-0.4, -0.2) is 176 Å². The van der Waals surface area contributed by atoms with Gasteiger partial charge in [-0.25, -0.2) is 73.0 Å². The predicted molar refractivity (Wildman–Crippen MR) is 379 cm³/mol. The summed E-state index contributed by atoms with van der Waals surface area (Å²) in [7, 11) is 1.79. The summed E-state index contributed by atoms with van der Waals surface area (Å²) in [5.41, 5.74) is 1.75. The van der Waals surface area contributed by atoms with Gasteiger partial charge in [-0.1, -0.05) is 0 Å². The first-order chi connectivity index (χ1) is 48.9. The number of fused-ring (bicyclic) bond motifs is 4. The number of H-pyrrole nitrogens is 4. The molecule has 538 valence electrons. The minimum atomic E-state index is -4.55. The van der Waals surface area contributed by atoms with Gasteiger partial charge in [0.25, 0.3) is 6.43 Å². The molecule has 0 saturated heterocycles. The molecule has 11 N–H and O–H groups in total. The molecule has 0 radical (unpaired) electrons. The molecular weight excluding hydrogens is 1340 g/mol. The van der Waals surface area contributed by atoms with E-state index in [0.29, 0.717) is 64.6 Å². The molecule has 34 heteroatoms. The van der Waals surface area contributed by atoms with Gasteiger partial charge in [-0.05, 0) is 136 Å². The number of carbonyl (C=O) groups excluding carboxylic acids is 4. The standard InChI is InChI=1S/C18H22N6O.C17H16F4N6O.C17H18F2N6O.C17H20N6O/c1-5-24(4)17(25)18(2,3)23-14-8-10-20-16(22-14)13-11-21-15-12(13)7-6-9-19-15;1-16(2,15(28)25-8-17(19,20)21)27-14-11(18)7-24-13(26-14)10-6-23-12-9(10)4-3-5-22-12;1-17(2,16(26)23-9-12(18)19)25-13-5-7-21-15(24-13)11-8-22-14-10(11)4-3-6-20-14;1-4-18-16(24)17(2,3)23-13-7-9-20-15(22-13)12-10-21-14-11(12)6-5-8-19-14/h6-11H,5H2,1-4H3,(H,19,21)(H,20,22,23);3-7H,8H2,1-2H3,(H,22,23)(H,25,28)(H,24,26,27);3-8,12H,9H2,1-2H3,(H,20,22)(H,23,26)(H,21,24,25);5-10H,4H2,1-3H3,(H,18,24)(H,19,21)(H,20,22,23). The van der Waals surface area contributed by atoms with Gasteiger partial charge in [0.2, 0.25) is 23.6 Å². The lowest BCUT2D eigenvalue weighted by atomic mass is 10.0. The summed E-state index contributed by atoms with van der Waals surface area (Å²) in [6.07, 6.45) is 12.5. The fourth-order valence-corrected chi connectivity index (χ4v) is 10.1. The Bertz CT molecular complexity index is 4940. The largest absolute Gasteiger partial charge is 0.405 e. The van der Waals surface area contributed by atoms with Crippen molar-refractivity contribution in [1.82, 2.24) is 101 Å². The molecule has 12 heterocycles. The van der Waals surface area contributed by atoms with Crippen molar-refractivity contribution in [3.05, 3.63) is 147 Å². The summed E-state index contributed by atoms with van der Waals surface area (Å²) in [6, 6.07) is 20.0. The molecular formula is C69H76F6N24O4. The molecule has 0 aliphatic rings. The number of alkyl halides is 5. The van der Waals surface area contributed by atoms with E-state index in [4.69, 9.17) is 0 Å². The van der Waals surface area contributed by atoms with Crippen molar-refractivity contribution < 1.29 is 45.5 Å². The van der Waals surface area contributed by atoms with Gasteiger partial charge in [0.05, 0.1) is 12.7 Å². The maximum Gasteiger partial charge on any atom is 0.405 e. The van der Waals surface area contributed by atoms with Crippen LogP contribution in [0, 0.1) is 5.82 Å². The first-order valence-corrected chi connectivity index (χ1v) is 32.2. The third kappa shape index (κ3) is 19.0. The minimum Gasteiger partial charge on any atom is -0.356 e. The second-order valence-electron chi connectivity index (χ2n) is 25.2. The summed E-state index contributed by atoms with van der Waals surface area (Å²) in [6.45, 7) is 16.0. The van der Waals surface area contributed by atoms with E-state index in [0.717, 1.165) is 56.0 Å². The lowest BCUT2D eigenvalue weighted by Gasteiger charge is -2.30. The maximum atomic E-state index is 14.2. The minimum absolute atomic E-state index is 0.00598. The number of nitrogens with zero attached hydrogens (tertiary/aromatic N) is 13. The Kier molecular flexibility index (Phi) is 23.2. The summed E-state index contributed by atoms with van der Waals surface area (Å²) in [5, 5.41) is 22.2. The highest BCUT2D eigenvalue weighted by molar-refractivity contribution is 5.96. The second kappa shape index (κ2) is 31.9. The SMILES string of the molecule is CC(C)(Nc1ccnc(-c2c[nH]c3ncccc23)n1)C(=O)NCC(F)F.CC(C)(Nc1nc(-c2c[nH]c3ncccc23)ncc1F)C(=O)NCC(F)(F)F.CCN(C)C(=O)C(C)(C)Nc1ccnc(-c2c[nH]c3ncccc23)n1.CCNC(=O)C(C)(C)Nc1ccnc(-c2c[nH]c3ncccc23)n1. The molecule has 28 nitrogen and oxygen atoms in total. The van der Waals surface area contributed by atoms with Gasteiger partial charge in [-0.15, -0.1) is 0 Å². The van der Waals surface area contributed by atoms with Crippen LogP contribution in [0.15, 0.2) is 141 Å². The zero-order valence-corrected chi connectivity index (χ0v) is 57.9. The highest BCUT2D eigenvalue weighted by atomic mass is 19.4. The van der Waals surface area contributed by atoms with Crippen LogP contribution < -0.4 is 37.2 Å². The fourth-order valence-electron chi connectivity index (χ4n) is 10.1. The Morgan fingerprint density at radius 2 is 0.806 bits per heavy atom. The van der Waals surface area contributed by atoms with Crippen LogP contribution >= 0.6 is 0 Å². The highest BCUT2D eigenvalue weighted by Crippen LogP contribution is 2.31. The van der Waals surface area contributed by atoms with Crippen LogP contribution in [0.1, 0.15) is 69.2 Å². The third-order valence-electron chi connectivity index (χ3n) is 15.5. The maximum absolute atomic E-state index is 14.2. The van der Waals surface area contributed by atoms with Crippen molar-refractivity contribution in [1.29, 1.82) is 0 Å². The summed E-state index contributed by atoms with van der Waals surface area (Å²) < 4.78 is 75.7. The van der Waals surface area contributed by atoms with E-state index >= 15 is 0 Å². The lowest BCUT2D eigenvalue weighted by molar-refractivity contribution is -0.140. The fraction of sp³-hybridized carbons (Fsp3) is 0.304. The molecule has 0 unspecified atom stereocenters. The molecule has 0 saturated carbocycles. The van der Waals surface area contributed by atoms with Crippen LogP contribution in [0.3, 0.4) is 0 Å². The van der Waals surface area contributed by atoms with Gasteiger partial charge in [0, 0.05) is 132 Å². The highest BCUT2D eigenvalue weighted by Gasteiger charge is 2.35. The summed E-state index contributed by atoms with van der Waals surface area (Å²) in [5.74, 6) is 0.637. The number of carbonyl (C=O) groups is 4. The van der Waals surface area contributed by atoms with Gasteiger partial charge in [0.15, 0.2) is 34.9 Å². The molecule has 0 spiro atoms. The smallest absolute Gasteiger partial charge is 0.356 e. The van der Waals surface area contributed by atoms with E-state index < -0.39 is 65.5 Å². The number of rotatable bonds is 21. The molecule has 0 aromatic carbocycles. The van der Waals surface area contributed by atoms with Crippen LogP contribution in [0.2, 0.25) is 0 Å². The molecule has 4 amide bonds. The zero-order valence-electron chi connectivity index (χ0n) is 57.9. The van der Waals surface area contributed by atoms with E-state index in [1.165, 1.54) is 13.8 Å². The number of nitrogens with one attached hydrogen (secondary N) is 11. The van der Waals surface area contributed by atoms with E-state index in [-0.39, 0.29) is 23.5 Å². The van der Waals surface area contributed by atoms with E-state index in [1.807, 2.05) is 90.3 Å². The average molecular weight is 1420 g/mol. The van der Waals surface area contributed by atoms with Crippen molar-refractivity contribution in [3.8, 4) is 45.6 Å². The molecule has 12 aromatic heterocycles. The Balaban J connectivity index is 0.000000160. The molecule has 0 aliphatic carbocycles. The molecule has 0 aliphatic heterocycles. The van der Waals surface area contributed by atoms with Crippen molar-refractivity contribution in [2.75, 3.05) is 54.5 Å². The number of aromatic amines is 4. The van der Waals surface area contributed by atoms with Gasteiger partial charge in [0.1, 0.15) is 68.7 Å². The normalized spacial score (nSPS) is 11.7. The Hall–Kier alpha value is -12.3. The van der Waals surface area contributed by atoms with E-state index in [2.05, 4.69) is 112 Å². The quantitative estimate of drug-likeness (QED) is 0.0298. The van der Waals surface area contributed by atoms with Crippen molar-refractivity contribution in [3.63, 3.8) is 0 Å². The topological polar surface area (TPSA) is 374 Å². The number of halogens is 6. The third-order valence-corrected chi connectivity index (χ3v) is 15.5. The Labute approximate surface area is 585 Å². The zero-order chi connectivity index (χ0) is 74.4. The first kappa shape index (κ1) is 75.0. The second-order valence-corrected chi connectivity index (χ2v) is 25.2. The molecule has 0 fully saturated rings. The van der Waals surface area contributed by atoms with Gasteiger partial charge in [-0.3, -0.25) is 19.2 Å². The predicted octanol–water partition coefficient (Wildman–Crippen LogP) is 10.7.